The lowest BCUT2D eigenvalue weighted by Crippen LogP contribution is -1.95. The maximum atomic E-state index is 13.8. The molecule has 0 atom stereocenters. The highest BCUT2D eigenvalue weighted by molar-refractivity contribution is 6.34. The third-order valence-electron chi connectivity index (χ3n) is 2.70. The molecule has 0 radical (unpaired) electrons. The summed E-state index contributed by atoms with van der Waals surface area (Å²) in [4.78, 5) is 15.1. The van der Waals surface area contributed by atoms with Gasteiger partial charge < -0.3 is 4.74 Å². The summed E-state index contributed by atoms with van der Waals surface area (Å²) in [6.45, 7) is 1.43. The first-order chi connectivity index (χ1) is 9.02. The summed E-state index contributed by atoms with van der Waals surface area (Å²) in [6, 6.07) is 6.25. The molecule has 2 rings (SSSR count). The zero-order chi connectivity index (χ0) is 14.0. The number of pyridine rings is 1. The average molecular weight is 280 g/mol. The van der Waals surface area contributed by atoms with Gasteiger partial charge >= 0.3 is 0 Å². The number of ketones is 1. The first-order valence-corrected chi connectivity index (χ1v) is 5.91. The van der Waals surface area contributed by atoms with Gasteiger partial charge in [-0.3, -0.25) is 4.79 Å². The molecule has 0 fully saturated rings. The molecule has 1 heterocycles. The van der Waals surface area contributed by atoms with Crippen molar-refractivity contribution in [1.29, 1.82) is 0 Å². The maximum Gasteiger partial charge on any atom is 0.213 e. The smallest absolute Gasteiger partial charge is 0.213 e. The topological polar surface area (TPSA) is 39.2 Å². The molecule has 0 aliphatic carbocycles. The fourth-order valence-corrected chi connectivity index (χ4v) is 2.03. The molecule has 0 bridgehead atoms. The molecule has 0 saturated heterocycles. The number of hydrogen-bond acceptors (Lipinski definition) is 3. The second kappa shape index (κ2) is 5.36. The molecule has 2 aromatic rings. The average Bonchev–Trinajstić information content (AvgIpc) is 2.38. The minimum atomic E-state index is -0.479. The van der Waals surface area contributed by atoms with E-state index in [0.717, 1.165) is 6.20 Å². The molecule has 0 aliphatic heterocycles. The van der Waals surface area contributed by atoms with Gasteiger partial charge in [0, 0.05) is 17.2 Å². The van der Waals surface area contributed by atoms with Crippen molar-refractivity contribution in [1.82, 2.24) is 4.98 Å². The summed E-state index contributed by atoms with van der Waals surface area (Å²) >= 11 is 6.01. The largest absolute Gasteiger partial charge is 0.481 e. The number of halogens is 2. The van der Waals surface area contributed by atoms with Crippen molar-refractivity contribution in [3.63, 3.8) is 0 Å². The standard InChI is InChI=1S/C14H11ClFNO2/c1-8(18)10-4-3-9(5-12(10)15)11-6-14(19-2)17-7-13(11)16/h3-7H,1-2H3. The van der Waals surface area contributed by atoms with Gasteiger partial charge in [-0.1, -0.05) is 17.7 Å². The number of Topliss-reactive ketones (excluding diaryl/α,β-unsaturated/α-hetero) is 1. The van der Waals surface area contributed by atoms with Crippen molar-refractivity contribution in [2.24, 2.45) is 0 Å². The number of carbonyl (C=O) groups is 1. The van der Waals surface area contributed by atoms with Crippen LogP contribution in [-0.2, 0) is 0 Å². The van der Waals surface area contributed by atoms with E-state index in [1.54, 1.807) is 18.2 Å². The van der Waals surface area contributed by atoms with E-state index in [0.29, 0.717) is 27.6 Å². The Kier molecular flexibility index (Phi) is 3.81. The number of rotatable bonds is 3. The molecular formula is C14H11ClFNO2. The van der Waals surface area contributed by atoms with Gasteiger partial charge in [-0.25, -0.2) is 9.37 Å². The zero-order valence-electron chi connectivity index (χ0n) is 10.4. The van der Waals surface area contributed by atoms with Gasteiger partial charge in [-0.05, 0) is 24.6 Å². The van der Waals surface area contributed by atoms with Crippen LogP contribution in [0.15, 0.2) is 30.5 Å². The van der Waals surface area contributed by atoms with Crippen LogP contribution in [0.5, 0.6) is 5.88 Å². The number of methoxy groups -OCH3 is 1. The molecule has 3 nitrogen and oxygen atoms in total. The van der Waals surface area contributed by atoms with E-state index in [9.17, 15) is 9.18 Å². The van der Waals surface area contributed by atoms with E-state index in [1.165, 1.54) is 20.1 Å². The third kappa shape index (κ3) is 2.74. The van der Waals surface area contributed by atoms with Crippen molar-refractivity contribution in [3.8, 4) is 17.0 Å². The SMILES string of the molecule is COc1cc(-c2ccc(C(C)=O)c(Cl)c2)c(F)cn1. The van der Waals surface area contributed by atoms with Crippen molar-refractivity contribution >= 4 is 17.4 Å². The molecule has 1 aromatic heterocycles. The Morgan fingerprint density at radius 1 is 1.37 bits per heavy atom. The highest BCUT2D eigenvalue weighted by Crippen LogP contribution is 2.29. The van der Waals surface area contributed by atoms with E-state index in [1.807, 2.05) is 0 Å². The predicted octanol–water partition coefficient (Wildman–Crippen LogP) is 3.75. The Balaban J connectivity index is 2.53. The predicted molar refractivity (Wildman–Crippen MR) is 71.2 cm³/mol. The lowest BCUT2D eigenvalue weighted by Gasteiger charge is -2.07. The number of carbonyl (C=O) groups excluding carboxylic acids is 1. The molecule has 0 amide bonds. The molecule has 0 N–H and O–H groups in total. The van der Waals surface area contributed by atoms with Crippen LogP contribution in [0.2, 0.25) is 5.02 Å². The Morgan fingerprint density at radius 2 is 2.11 bits per heavy atom. The zero-order valence-corrected chi connectivity index (χ0v) is 11.2. The fraction of sp³-hybridized carbons (Fsp3) is 0.143. The highest BCUT2D eigenvalue weighted by atomic mass is 35.5. The van der Waals surface area contributed by atoms with Gasteiger partial charge in [-0.2, -0.15) is 0 Å². The summed E-state index contributed by atoms with van der Waals surface area (Å²) in [5, 5.41) is 0.292. The molecule has 0 unspecified atom stereocenters. The molecule has 0 spiro atoms. The Bertz CT molecular complexity index is 643. The van der Waals surface area contributed by atoms with Gasteiger partial charge in [0.2, 0.25) is 5.88 Å². The van der Waals surface area contributed by atoms with Crippen LogP contribution in [0.4, 0.5) is 4.39 Å². The van der Waals surface area contributed by atoms with Crippen LogP contribution in [0.3, 0.4) is 0 Å². The molecule has 0 aliphatic rings. The minimum Gasteiger partial charge on any atom is -0.481 e. The Hall–Kier alpha value is -1.94. The summed E-state index contributed by atoms with van der Waals surface area (Å²) in [5.41, 5.74) is 1.30. The fourth-order valence-electron chi connectivity index (χ4n) is 1.72. The summed E-state index contributed by atoms with van der Waals surface area (Å²) < 4.78 is 18.7. The molecule has 98 valence electrons. The van der Waals surface area contributed by atoms with Crippen molar-refractivity contribution in [3.05, 3.63) is 46.9 Å². The summed E-state index contributed by atoms with van der Waals surface area (Å²) in [5.74, 6) is -0.306. The number of ether oxygens (including phenoxy) is 1. The number of aromatic nitrogens is 1. The van der Waals surface area contributed by atoms with Gasteiger partial charge in [0.15, 0.2) is 5.78 Å². The van der Waals surface area contributed by atoms with Gasteiger partial charge in [0.25, 0.3) is 0 Å². The normalized spacial score (nSPS) is 10.3. The molecular weight excluding hydrogens is 269 g/mol. The first-order valence-electron chi connectivity index (χ1n) is 5.53. The van der Waals surface area contributed by atoms with Crippen molar-refractivity contribution in [2.75, 3.05) is 7.11 Å². The number of hydrogen-bond donors (Lipinski definition) is 0. The monoisotopic (exact) mass is 279 g/mol. The van der Waals surface area contributed by atoms with Crippen LogP contribution in [-0.4, -0.2) is 17.9 Å². The van der Waals surface area contributed by atoms with E-state index in [2.05, 4.69) is 4.98 Å². The first kappa shape index (κ1) is 13.5. The second-order valence-electron chi connectivity index (χ2n) is 3.96. The van der Waals surface area contributed by atoms with E-state index in [-0.39, 0.29) is 5.78 Å². The molecule has 1 aromatic carbocycles. The van der Waals surface area contributed by atoms with Crippen LogP contribution < -0.4 is 4.74 Å². The highest BCUT2D eigenvalue weighted by Gasteiger charge is 2.11. The molecule has 5 heteroatoms. The Labute approximate surface area is 115 Å². The summed E-state index contributed by atoms with van der Waals surface area (Å²) in [6.07, 6.45) is 1.08. The van der Waals surface area contributed by atoms with Gasteiger partial charge in [-0.15, -0.1) is 0 Å². The number of benzene rings is 1. The van der Waals surface area contributed by atoms with Crippen molar-refractivity contribution in [2.45, 2.75) is 6.92 Å². The summed E-state index contributed by atoms with van der Waals surface area (Å²) in [7, 11) is 1.45. The Morgan fingerprint density at radius 3 is 2.68 bits per heavy atom. The lowest BCUT2D eigenvalue weighted by molar-refractivity contribution is 0.101. The van der Waals surface area contributed by atoms with Gasteiger partial charge in [0.05, 0.1) is 18.3 Å². The third-order valence-corrected chi connectivity index (χ3v) is 3.01. The quantitative estimate of drug-likeness (QED) is 0.803. The van der Waals surface area contributed by atoms with Crippen LogP contribution in [0.25, 0.3) is 11.1 Å². The molecule has 0 saturated carbocycles. The van der Waals surface area contributed by atoms with Crippen LogP contribution >= 0.6 is 11.6 Å². The minimum absolute atomic E-state index is 0.135. The van der Waals surface area contributed by atoms with Crippen molar-refractivity contribution < 1.29 is 13.9 Å². The molecule has 19 heavy (non-hydrogen) atoms. The van der Waals surface area contributed by atoms with E-state index < -0.39 is 5.82 Å². The van der Waals surface area contributed by atoms with Crippen LogP contribution in [0, 0.1) is 5.82 Å². The second-order valence-corrected chi connectivity index (χ2v) is 4.36. The van der Waals surface area contributed by atoms with Gasteiger partial charge in [0.1, 0.15) is 5.82 Å². The van der Waals surface area contributed by atoms with E-state index >= 15 is 0 Å². The lowest BCUT2D eigenvalue weighted by atomic mass is 10.0. The van der Waals surface area contributed by atoms with E-state index in [4.69, 9.17) is 16.3 Å². The maximum absolute atomic E-state index is 13.8. The number of nitrogens with zero attached hydrogens (tertiary/aromatic N) is 1. The van der Waals surface area contributed by atoms with Crippen LogP contribution in [0.1, 0.15) is 17.3 Å².